The first-order chi connectivity index (χ1) is 15.6. The molecule has 1 atom stereocenters. The third kappa shape index (κ3) is 5.18. The molecule has 1 amide bonds. The van der Waals surface area contributed by atoms with Gasteiger partial charge in [-0.3, -0.25) is 14.4 Å². The zero-order valence-corrected chi connectivity index (χ0v) is 19.5. The number of methoxy groups -OCH3 is 1. The molecule has 9 heteroatoms. The average Bonchev–Trinajstić information content (AvgIpc) is 3.02. The van der Waals surface area contributed by atoms with Gasteiger partial charge in [-0.25, -0.2) is 0 Å². The number of amides is 1. The maximum atomic E-state index is 13.1. The molecule has 8 nitrogen and oxygen atoms in total. The highest BCUT2D eigenvalue weighted by molar-refractivity contribution is 6.46. The van der Waals surface area contributed by atoms with Crippen LogP contribution in [-0.4, -0.2) is 66.9 Å². The van der Waals surface area contributed by atoms with Gasteiger partial charge in [-0.05, 0) is 56.1 Å². The Morgan fingerprint density at radius 1 is 1.12 bits per heavy atom. The summed E-state index contributed by atoms with van der Waals surface area (Å²) in [5.41, 5.74) is 0.782. The molecule has 33 heavy (non-hydrogen) atoms. The van der Waals surface area contributed by atoms with Gasteiger partial charge in [0.05, 0.1) is 18.7 Å². The van der Waals surface area contributed by atoms with E-state index in [4.69, 9.17) is 21.1 Å². The van der Waals surface area contributed by atoms with Crippen molar-refractivity contribution in [3.05, 3.63) is 64.2 Å². The lowest BCUT2D eigenvalue weighted by molar-refractivity contribution is -0.140. The van der Waals surface area contributed by atoms with Gasteiger partial charge in [0.1, 0.15) is 5.76 Å². The van der Waals surface area contributed by atoms with Gasteiger partial charge in [0.15, 0.2) is 11.5 Å². The number of hydrogen-bond acceptors (Lipinski definition) is 7. The van der Waals surface area contributed by atoms with Crippen LogP contribution < -0.4 is 9.47 Å². The molecule has 2 aromatic rings. The Hall–Kier alpha value is -3.36. The van der Waals surface area contributed by atoms with E-state index in [0.717, 1.165) is 0 Å². The molecule has 1 N–H and O–H groups in total. The molecular formula is C24H25ClN2O6. The highest BCUT2D eigenvalue weighted by Gasteiger charge is 2.46. The maximum Gasteiger partial charge on any atom is 0.308 e. The zero-order valence-electron chi connectivity index (χ0n) is 18.8. The Bertz CT molecular complexity index is 1110. The molecule has 3 rings (SSSR count). The second kappa shape index (κ2) is 10.1. The topological polar surface area (TPSA) is 96.4 Å². The molecular weight excluding hydrogens is 448 g/mol. The van der Waals surface area contributed by atoms with Crippen LogP contribution in [0.1, 0.15) is 24.1 Å². The van der Waals surface area contributed by atoms with Crippen LogP contribution in [0.15, 0.2) is 48.0 Å². The van der Waals surface area contributed by atoms with E-state index in [1.807, 2.05) is 19.0 Å². The summed E-state index contributed by atoms with van der Waals surface area (Å²) in [5, 5.41) is 11.5. The number of nitrogens with zero attached hydrogens (tertiary/aromatic N) is 2. The van der Waals surface area contributed by atoms with E-state index < -0.39 is 23.7 Å². The predicted octanol–water partition coefficient (Wildman–Crippen LogP) is 3.26. The highest BCUT2D eigenvalue weighted by atomic mass is 35.5. The number of hydrogen-bond donors (Lipinski definition) is 1. The van der Waals surface area contributed by atoms with Gasteiger partial charge in [0.25, 0.3) is 11.7 Å². The van der Waals surface area contributed by atoms with Crippen LogP contribution in [0.5, 0.6) is 11.5 Å². The van der Waals surface area contributed by atoms with Crippen molar-refractivity contribution in [1.29, 1.82) is 0 Å². The molecule has 0 radical (unpaired) electrons. The summed E-state index contributed by atoms with van der Waals surface area (Å²) in [4.78, 5) is 40.9. The molecule has 174 valence electrons. The number of aliphatic hydroxyl groups excluding tert-OH is 1. The SMILES string of the molecule is COc1ccc(C2/C(=C(/O)c3ccc(Cl)cc3)C(=O)C(=O)N2CCN(C)C)cc1OC(C)=O. The fraction of sp³-hybridized carbons (Fsp3) is 0.292. The van der Waals surface area contributed by atoms with Crippen molar-refractivity contribution in [1.82, 2.24) is 9.80 Å². The van der Waals surface area contributed by atoms with E-state index in [9.17, 15) is 19.5 Å². The van der Waals surface area contributed by atoms with Crippen molar-refractivity contribution in [2.24, 2.45) is 0 Å². The van der Waals surface area contributed by atoms with Crippen LogP contribution in [-0.2, 0) is 14.4 Å². The van der Waals surface area contributed by atoms with Crippen molar-refractivity contribution in [2.75, 3.05) is 34.3 Å². The van der Waals surface area contributed by atoms with E-state index >= 15 is 0 Å². The minimum Gasteiger partial charge on any atom is -0.507 e. The number of halogens is 1. The molecule has 0 spiro atoms. The number of esters is 1. The third-order valence-corrected chi connectivity index (χ3v) is 5.45. The Balaban J connectivity index is 2.19. The summed E-state index contributed by atoms with van der Waals surface area (Å²) < 4.78 is 10.5. The van der Waals surface area contributed by atoms with Gasteiger partial charge < -0.3 is 24.4 Å². The number of aliphatic hydroxyl groups is 1. The summed E-state index contributed by atoms with van der Waals surface area (Å²) >= 11 is 5.95. The quantitative estimate of drug-likeness (QED) is 0.217. The van der Waals surface area contributed by atoms with Gasteiger partial charge in [-0.1, -0.05) is 17.7 Å². The monoisotopic (exact) mass is 472 g/mol. The first-order valence-electron chi connectivity index (χ1n) is 10.2. The molecule has 1 unspecified atom stereocenters. The number of rotatable bonds is 7. The standard InChI is InChI=1S/C24H25ClN2O6/c1-14(28)33-19-13-16(7-10-18(19)32-4)21-20(22(29)15-5-8-17(25)9-6-15)23(30)24(31)27(21)12-11-26(2)3/h5-10,13,21,29H,11-12H2,1-4H3/b22-20-. The second-order valence-electron chi connectivity index (χ2n) is 7.81. The first-order valence-corrected chi connectivity index (χ1v) is 10.6. The Morgan fingerprint density at radius 2 is 1.79 bits per heavy atom. The second-order valence-corrected chi connectivity index (χ2v) is 8.24. The lowest BCUT2D eigenvalue weighted by atomic mass is 9.95. The number of benzene rings is 2. The van der Waals surface area contributed by atoms with Crippen LogP contribution in [0.2, 0.25) is 5.02 Å². The number of carbonyl (C=O) groups excluding carboxylic acids is 3. The summed E-state index contributed by atoms with van der Waals surface area (Å²) in [7, 11) is 5.14. The van der Waals surface area contributed by atoms with Crippen molar-refractivity contribution in [3.63, 3.8) is 0 Å². The Labute approximate surface area is 197 Å². The normalized spacial score (nSPS) is 17.5. The van der Waals surface area contributed by atoms with E-state index in [2.05, 4.69) is 0 Å². The van der Waals surface area contributed by atoms with Crippen LogP contribution in [0, 0.1) is 0 Å². The Morgan fingerprint density at radius 3 is 2.36 bits per heavy atom. The molecule has 1 heterocycles. The molecule has 2 aromatic carbocycles. The van der Waals surface area contributed by atoms with Crippen molar-refractivity contribution in [2.45, 2.75) is 13.0 Å². The van der Waals surface area contributed by atoms with Crippen LogP contribution in [0.4, 0.5) is 0 Å². The summed E-state index contributed by atoms with van der Waals surface area (Å²) in [5.74, 6) is -1.91. The van der Waals surface area contributed by atoms with Crippen molar-refractivity contribution in [3.8, 4) is 11.5 Å². The number of ether oxygens (including phenoxy) is 2. The Kier molecular flexibility index (Phi) is 7.40. The fourth-order valence-electron chi connectivity index (χ4n) is 3.63. The van der Waals surface area contributed by atoms with Gasteiger partial charge in [0, 0.05) is 30.6 Å². The van der Waals surface area contributed by atoms with Gasteiger partial charge in [0.2, 0.25) is 0 Å². The van der Waals surface area contributed by atoms with Crippen LogP contribution in [0.25, 0.3) is 5.76 Å². The molecule has 1 fully saturated rings. The third-order valence-electron chi connectivity index (χ3n) is 5.20. The maximum absolute atomic E-state index is 13.1. The van der Waals surface area contributed by atoms with Crippen LogP contribution in [0.3, 0.4) is 0 Å². The molecule has 0 saturated carbocycles. The lowest BCUT2D eigenvalue weighted by Crippen LogP contribution is -2.35. The van der Waals surface area contributed by atoms with E-state index in [0.29, 0.717) is 28.4 Å². The number of likely N-dealkylation sites (N-methyl/N-ethyl adjacent to an activating group) is 1. The highest BCUT2D eigenvalue weighted by Crippen LogP contribution is 2.42. The van der Waals surface area contributed by atoms with E-state index in [1.54, 1.807) is 36.4 Å². The molecule has 0 aliphatic carbocycles. The summed E-state index contributed by atoms with van der Waals surface area (Å²) in [6, 6.07) is 10.2. The van der Waals surface area contributed by atoms with Gasteiger partial charge in [-0.15, -0.1) is 0 Å². The lowest BCUT2D eigenvalue weighted by Gasteiger charge is -2.27. The van der Waals surface area contributed by atoms with Crippen LogP contribution >= 0.6 is 11.6 Å². The number of ketones is 1. The summed E-state index contributed by atoms with van der Waals surface area (Å²) in [6.45, 7) is 2.00. The zero-order chi connectivity index (χ0) is 24.3. The first kappa shape index (κ1) is 24.3. The number of carbonyl (C=O) groups is 3. The number of Topliss-reactive ketones (excluding diaryl/α,β-unsaturated/α-hetero) is 1. The van der Waals surface area contributed by atoms with E-state index in [1.165, 1.54) is 25.0 Å². The average molecular weight is 473 g/mol. The minimum atomic E-state index is -0.888. The summed E-state index contributed by atoms with van der Waals surface area (Å²) in [6.07, 6.45) is 0. The van der Waals surface area contributed by atoms with E-state index in [-0.39, 0.29) is 23.6 Å². The number of likely N-dealkylation sites (tertiary alicyclic amines) is 1. The molecule has 1 aliphatic rings. The largest absolute Gasteiger partial charge is 0.507 e. The molecule has 1 aliphatic heterocycles. The molecule has 0 aromatic heterocycles. The van der Waals surface area contributed by atoms with Crippen molar-refractivity contribution >= 4 is 35.0 Å². The minimum absolute atomic E-state index is 0.0555. The fourth-order valence-corrected chi connectivity index (χ4v) is 3.75. The van der Waals surface area contributed by atoms with Crippen molar-refractivity contribution < 1.29 is 29.0 Å². The smallest absolute Gasteiger partial charge is 0.308 e. The molecule has 0 bridgehead atoms. The predicted molar refractivity (Wildman–Crippen MR) is 123 cm³/mol. The van der Waals surface area contributed by atoms with Gasteiger partial charge >= 0.3 is 5.97 Å². The molecule has 1 saturated heterocycles. The van der Waals surface area contributed by atoms with Gasteiger partial charge in [-0.2, -0.15) is 0 Å².